The molecule has 0 aliphatic carbocycles. The van der Waals surface area contributed by atoms with E-state index in [1.807, 2.05) is 75.5 Å². The van der Waals surface area contributed by atoms with Gasteiger partial charge in [-0.25, -0.2) is 0 Å². The third-order valence-electron chi connectivity index (χ3n) is 4.44. The van der Waals surface area contributed by atoms with Gasteiger partial charge in [0.15, 0.2) is 0 Å². The minimum Gasteiger partial charge on any atom is -0.490 e. The standard InChI is InChI=1S/C22H28N2O3/c1-22(2,3)24-13-15(25)14-27-20-10-5-4-7-18(20)21(26)17-8-6-9-19-16(17)11-12-23-19/h4-12,15,21,23-26H,13-14H2,1-3H3/t15-,21-/m1/s1. The van der Waals surface area contributed by atoms with Crippen molar-refractivity contribution in [3.8, 4) is 5.75 Å². The average Bonchev–Trinajstić information content (AvgIpc) is 3.12. The Kier molecular flexibility index (Phi) is 5.85. The minimum absolute atomic E-state index is 0.0652. The summed E-state index contributed by atoms with van der Waals surface area (Å²) < 4.78 is 5.84. The molecule has 0 radical (unpaired) electrons. The molecule has 0 bridgehead atoms. The van der Waals surface area contributed by atoms with Crippen molar-refractivity contribution in [2.75, 3.05) is 13.2 Å². The van der Waals surface area contributed by atoms with E-state index in [0.717, 1.165) is 16.5 Å². The fourth-order valence-corrected chi connectivity index (χ4v) is 3.02. The number of nitrogens with one attached hydrogen (secondary N) is 2. The van der Waals surface area contributed by atoms with Crippen LogP contribution in [0.2, 0.25) is 0 Å². The van der Waals surface area contributed by atoms with Gasteiger partial charge in [-0.3, -0.25) is 0 Å². The van der Waals surface area contributed by atoms with Gasteiger partial charge in [0.25, 0.3) is 0 Å². The predicted octanol–water partition coefficient (Wildman–Crippen LogP) is 3.38. The maximum atomic E-state index is 11.0. The Labute approximate surface area is 160 Å². The molecule has 0 spiro atoms. The third kappa shape index (κ3) is 4.89. The lowest BCUT2D eigenvalue weighted by atomic mass is 9.98. The number of H-pyrrole nitrogens is 1. The van der Waals surface area contributed by atoms with E-state index < -0.39 is 12.2 Å². The monoisotopic (exact) mass is 368 g/mol. The van der Waals surface area contributed by atoms with Gasteiger partial charge in [0.05, 0.1) is 0 Å². The number of fused-ring (bicyclic) bond motifs is 1. The van der Waals surface area contributed by atoms with Crippen molar-refractivity contribution >= 4 is 10.9 Å². The molecule has 0 fully saturated rings. The van der Waals surface area contributed by atoms with Gasteiger partial charge in [-0.2, -0.15) is 0 Å². The summed E-state index contributed by atoms with van der Waals surface area (Å²) >= 11 is 0. The Balaban J connectivity index is 1.75. The highest BCUT2D eigenvalue weighted by Gasteiger charge is 2.19. The Bertz CT molecular complexity index is 882. The molecular formula is C22H28N2O3. The van der Waals surface area contributed by atoms with Crippen molar-refractivity contribution in [3.05, 3.63) is 65.9 Å². The molecule has 3 aromatic rings. The van der Waals surface area contributed by atoms with Gasteiger partial charge >= 0.3 is 0 Å². The molecule has 0 aliphatic rings. The summed E-state index contributed by atoms with van der Waals surface area (Å²) in [6.07, 6.45) is 0.412. The normalized spacial score (nSPS) is 14.3. The van der Waals surface area contributed by atoms with E-state index in [1.165, 1.54) is 0 Å². The molecule has 4 N–H and O–H groups in total. The highest BCUT2D eigenvalue weighted by molar-refractivity contribution is 5.83. The van der Waals surface area contributed by atoms with Gasteiger partial charge in [-0.05, 0) is 44.5 Å². The fourth-order valence-electron chi connectivity index (χ4n) is 3.02. The highest BCUT2D eigenvalue weighted by Crippen LogP contribution is 2.33. The lowest BCUT2D eigenvalue weighted by Crippen LogP contribution is -2.42. The number of hydrogen-bond donors (Lipinski definition) is 4. The van der Waals surface area contributed by atoms with Crippen LogP contribution in [0.3, 0.4) is 0 Å². The van der Waals surface area contributed by atoms with Crippen LogP contribution in [-0.4, -0.2) is 40.0 Å². The van der Waals surface area contributed by atoms with Gasteiger partial charge in [-0.15, -0.1) is 0 Å². The number of ether oxygens (including phenoxy) is 1. The smallest absolute Gasteiger partial charge is 0.125 e. The van der Waals surface area contributed by atoms with Crippen LogP contribution >= 0.6 is 0 Å². The third-order valence-corrected chi connectivity index (χ3v) is 4.44. The van der Waals surface area contributed by atoms with E-state index >= 15 is 0 Å². The van der Waals surface area contributed by atoms with E-state index in [-0.39, 0.29) is 12.1 Å². The number of benzene rings is 2. The Hall–Kier alpha value is -2.34. The van der Waals surface area contributed by atoms with Crippen LogP contribution in [0, 0.1) is 0 Å². The molecule has 0 saturated carbocycles. The van der Waals surface area contributed by atoms with Crippen molar-refractivity contribution in [3.63, 3.8) is 0 Å². The van der Waals surface area contributed by atoms with Crippen LogP contribution < -0.4 is 10.1 Å². The SMILES string of the molecule is CC(C)(C)NC[C@@H](O)COc1ccccc1[C@H](O)c1cccc2[nH]ccc12. The van der Waals surface area contributed by atoms with Gasteiger partial charge in [0, 0.05) is 34.7 Å². The van der Waals surface area contributed by atoms with E-state index in [9.17, 15) is 10.2 Å². The lowest BCUT2D eigenvalue weighted by molar-refractivity contribution is 0.0978. The first-order chi connectivity index (χ1) is 12.8. The molecule has 0 amide bonds. The van der Waals surface area contributed by atoms with Gasteiger partial charge in [0.1, 0.15) is 24.6 Å². The summed E-state index contributed by atoms with van der Waals surface area (Å²) in [4.78, 5) is 3.16. The molecule has 5 nitrogen and oxygen atoms in total. The van der Waals surface area contributed by atoms with Crippen molar-refractivity contribution in [1.82, 2.24) is 10.3 Å². The largest absolute Gasteiger partial charge is 0.490 e. The van der Waals surface area contributed by atoms with E-state index in [0.29, 0.717) is 17.9 Å². The quantitative estimate of drug-likeness (QED) is 0.516. The van der Waals surface area contributed by atoms with E-state index in [2.05, 4.69) is 10.3 Å². The topological polar surface area (TPSA) is 77.5 Å². The summed E-state index contributed by atoms with van der Waals surface area (Å²) in [7, 11) is 0. The van der Waals surface area contributed by atoms with Crippen molar-refractivity contribution in [2.45, 2.75) is 38.5 Å². The molecule has 27 heavy (non-hydrogen) atoms. The van der Waals surface area contributed by atoms with Crippen LogP contribution in [0.5, 0.6) is 5.75 Å². The second-order valence-corrected chi connectivity index (χ2v) is 7.82. The van der Waals surface area contributed by atoms with Crippen molar-refractivity contribution < 1.29 is 14.9 Å². The molecule has 1 aromatic heterocycles. The number of aliphatic hydroxyl groups is 2. The number of aromatic amines is 1. The summed E-state index contributed by atoms with van der Waals surface area (Å²) in [6, 6.07) is 15.2. The number of para-hydroxylation sites is 1. The fraction of sp³-hybridized carbons (Fsp3) is 0.364. The average molecular weight is 368 g/mol. The summed E-state index contributed by atoms with van der Waals surface area (Å²) in [5, 5.41) is 25.4. The molecule has 5 heteroatoms. The summed E-state index contributed by atoms with van der Waals surface area (Å²) in [5.41, 5.74) is 2.42. The van der Waals surface area contributed by atoms with Crippen molar-refractivity contribution in [2.24, 2.45) is 0 Å². The Morgan fingerprint density at radius 3 is 2.52 bits per heavy atom. The van der Waals surface area contributed by atoms with Crippen LogP contribution in [0.1, 0.15) is 38.0 Å². The van der Waals surface area contributed by atoms with Crippen LogP contribution in [-0.2, 0) is 0 Å². The number of β-amino-alcohol motifs (C(OH)–C–C–N with tert-alkyl or cyclic N) is 1. The zero-order chi connectivity index (χ0) is 19.4. The zero-order valence-electron chi connectivity index (χ0n) is 16.1. The molecule has 0 unspecified atom stereocenters. The molecular weight excluding hydrogens is 340 g/mol. The first kappa shape index (κ1) is 19.4. The van der Waals surface area contributed by atoms with Crippen molar-refractivity contribution in [1.29, 1.82) is 0 Å². The second kappa shape index (κ2) is 8.13. The molecule has 2 aromatic carbocycles. The number of aliphatic hydroxyl groups excluding tert-OH is 2. The Morgan fingerprint density at radius 2 is 1.74 bits per heavy atom. The molecule has 0 aliphatic heterocycles. The van der Waals surface area contributed by atoms with Crippen LogP contribution in [0.25, 0.3) is 10.9 Å². The lowest BCUT2D eigenvalue weighted by Gasteiger charge is -2.23. The molecule has 144 valence electrons. The second-order valence-electron chi connectivity index (χ2n) is 7.82. The molecule has 3 rings (SSSR count). The van der Waals surface area contributed by atoms with Crippen LogP contribution in [0.15, 0.2) is 54.7 Å². The van der Waals surface area contributed by atoms with Crippen LogP contribution in [0.4, 0.5) is 0 Å². The minimum atomic E-state index is -0.814. The number of hydrogen-bond acceptors (Lipinski definition) is 4. The van der Waals surface area contributed by atoms with E-state index in [4.69, 9.17) is 4.74 Å². The molecule has 0 saturated heterocycles. The predicted molar refractivity (Wildman–Crippen MR) is 108 cm³/mol. The molecule has 2 atom stereocenters. The molecule has 1 heterocycles. The van der Waals surface area contributed by atoms with E-state index in [1.54, 1.807) is 0 Å². The van der Waals surface area contributed by atoms with Gasteiger partial charge < -0.3 is 25.3 Å². The maximum absolute atomic E-state index is 11.0. The van der Waals surface area contributed by atoms with Gasteiger partial charge in [-0.1, -0.05) is 30.3 Å². The maximum Gasteiger partial charge on any atom is 0.125 e. The highest BCUT2D eigenvalue weighted by atomic mass is 16.5. The number of aromatic nitrogens is 1. The first-order valence-electron chi connectivity index (χ1n) is 9.24. The summed E-state index contributed by atoms with van der Waals surface area (Å²) in [6.45, 7) is 6.74. The summed E-state index contributed by atoms with van der Waals surface area (Å²) in [5.74, 6) is 0.576. The zero-order valence-corrected chi connectivity index (χ0v) is 16.1. The Morgan fingerprint density at radius 1 is 1.00 bits per heavy atom. The first-order valence-corrected chi connectivity index (χ1v) is 9.24. The van der Waals surface area contributed by atoms with Gasteiger partial charge in [0.2, 0.25) is 0 Å². The number of rotatable bonds is 7.